The number of hydrogen-bond donors (Lipinski definition) is 2. The zero-order chi connectivity index (χ0) is 27.0. The molecule has 0 fully saturated rings. The highest BCUT2D eigenvalue weighted by molar-refractivity contribution is 7.90. The number of aromatic nitrogens is 1. The van der Waals surface area contributed by atoms with Crippen molar-refractivity contribution in [1.29, 1.82) is 0 Å². The van der Waals surface area contributed by atoms with Crippen LogP contribution in [0.2, 0.25) is 5.02 Å². The number of nitrogens with zero attached hydrogens (tertiary/aromatic N) is 1. The Kier molecular flexibility index (Phi) is 7.36. The van der Waals surface area contributed by atoms with E-state index in [1.54, 1.807) is 13.1 Å². The third kappa shape index (κ3) is 5.65. The Morgan fingerprint density at radius 2 is 1.81 bits per heavy atom. The molecule has 6 nitrogen and oxygen atoms in total. The zero-order valence-electron chi connectivity index (χ0n) is 19.0. The van der Waals surface area contributed by atoms with Gasteiger partial charge in [-0.2, -0.15) is 22.0 Å². The smallest absolute Gasteiger partial charge is 0.418 e. The molecule has 4 rings (SSSR count). The molecule has 0 bridgehead atoms. The molecule has 1 aromatic heterocycles. The molecule has 0 atom stereocenters. The number of rotatable bonds is 8. The fourth-order valence-electron chi connectivity index (χ4n) is 3.81. The molecule has 0 aliphatic heterocycles. The molecule has 0 aliphatic carbocycles. The number of anilines is 2. The number of fused-ring (bicyclic) bond motifs is 1. The molecular formula is C24H19ClF5N3O3S. The van der Waals surface area contributed by atoms with Crippen molar-refractivity contribution in [1.82, 2.24) is 9.29 Å². The van der Waals surface area contributed by atoms with Crippen molar-refractivity contribution >= 4 is 43.9 Å². The van der Waals surface area contributed by atoms with Crippen LogP contribution in [0, 0.1) is 0 Å². The summed E-state index contributed by atoms with van der Waals surface area (Å²) < 4.78 is 98.2. The van der Waals surface area contributed by atoms with Gasteiger partial charge in [0.2, 0.25) is 0 Å². The van der Waals surface area contributed by atoms with Gasteiger partial charge in [0.05, 0.1) is 21.7 Å². The van der Waals surface area contributed by atoms with Crippen LogP contribution in [0.1, 0.15) is 11.1 Å². The van der Waals surface area contributed by atoms with Gasteiger partial charge in [-0.1, -0.05) is 23.7 Å². The summed E-state index contributed by atoms with van der Waals surface area (Å²) in [5.74, 6) is -0.340. The van der Waals surface area contributed by atoms with Crippen LogP contribution in [0.5, 0.6) is 5.75 Å². The normalized spacial score (nSPS) is 12.3. The standard InChI is InChI=1S/C24H19ClF5N3O3S/c1-31-12-14-13-33(37(34,35)18-4-2-3-17(11-18)36-23(26)27)22-10-16(6-7-19(14)22)32-21-8-5-15(25)9-20(21)24(28,29)30/h2-11,13,23,31-32H,12H2,1H3. The maximum atomic E-state index is 13.5. The van der Waals surface area contributed by atoms with Gasteiger partial charge < -0.3 is 15.4 Å². The molecule has 4 aromatic rings. The van der Waals surface area contributed by atoms with Gasteiger partial charge >= 0.3 is 12.8 Å². The van der Waals surface area contributed by atoms with Gasteiger partial charge in [-0.15, -0.1) is 0 Å². The lowest BCUT2D eigenvalue weighted by molar-refractivity contribution is -0.136. The van der Waals surface area contributed by atoms with Gasteiger partial charge in [-0.05, 0) is 55.1 Å². The van der Waals surface area contributed by atoms with Crippen molar-refractivity contribution in [2.75, 3.05) is 12.4 Å². The Hall–Kier alpha value is -3.35. The predicted octanol–water partition coefficient (Wildman–Crippen LogP) is 6.61. The topological polar surface area (TPSA) is 72.4 Å². The number of benzene rings is 3. The minimum absolute atomic E-state index is 0.0944. The first kappa shape index (κ1) is 26.7. The summed E-state index contributed by atoms with van der Waals surface area (Å²) in [4.78, 5) is -0.311. The summed E-state index contributed by atoms with van der Waals surface area (Å²) in [6.07, 6.45) is -3.32. The van der Waals surface area contributed by atoms with Crippen molar-refractivity contribution in [3.8, 4) is 5.75 Å². The fraction of sp³-hybridized carbons (Fsp3) is 0.167. The van der Waals surface area contributed by atoms with E-state index in [1.807, 2.05) is 0 Å². The van der Waals surface area contributed by atoms with E-state index in [0.29, 0.717) is 10.9 Å². The molecule has 0 spiro atoms. The van der Waals surface area contributed by atoms with Crippen LogP contribution in [0.4, 0.5) is 33.3 Å². The number of hydrogen-bond acceptors (Lipinski definition) is 5. The van der Waals surface area contributed by atoms with Gasteiger partial charge in [0.1, 0.15) is 5.75 Å². The summed E-state index contributed by atoms with van der Waals surface area (Å²) in [6.45, 7) is -2.86. The highest BCUT2D eigenvalue weighted by atomic mass is 35.5. The van der Waals surface area contributed by atoms with E-state index in [9.17, 15) is 30.4 Å². The summed E-state index contributed by atoms with van der Waals surface area (Å²) in [7, 11) is -2.64. The lowest BCUT2D eigenvalue weighted by atomic mass is 10.1. The second-order valence-electron chi connectivity index (χ2n) is 7.88. The van der Waals surface area contributed by atoms with E-state index in [-0.39, 0.29) is 39.1 Å². The van der Waals surface area contributed by atoms with Gasteiger partial charge in [0.15, 0.2) is 0 Å². The van der Waals surface area contributed by atoms with Crippen LogP contribution in [-0.4, -0.2) is 26.0 Å². The first-order chi connectivity index (χ1) is 17.4. The van der Waals surface area contributed by atoms with Gasteiger partial charge in [0.25, 0.3) is 10.0 Å². The zero-order valence-corrected chi connectivity index (χ0v) is 20.6. The Balaban J connectivity index is 1.83. The molecule has 3 aromatic carbocycles. The fourth-order valence-corrected chi connectivity index (χ4v) is 5.40. The third-order valence-electron chi connectivity index (χ3n) is 5.37. The Labute approximate surface area is 213 Å². The Bertz CT molecular complexity index is 1560. The molecule has 0 unspecified atom stereocenters. The molecule has 1 heterocycles. The van der Waals surface area contributed by atoms with Crippen molar-refractivity contribution in [3.05, 3.63) is 83.0 Å². The van der Waals surface area contributed by atoms with E-state index in [2.05, 4.69) is 15.4 Å². The van der Waals surface area contributed by atoms with Crippen LogP contribution in [0.3, 0.4) is 0 Å². The van der Waals surface area contributed by atoms with Gasteiger partial charge in [-0.25, -0.2) is 12.4 Å². The lowest BCUT2D eigenvalue weighted by Gasteiger charge is -2.15. The largest absolute Gasteiger partial charge is 0.435 e. The number of nitrogens with one attached hydrogen (secondary N) is 2. The minimum atomic E-state index is -4.69. The highest BCUT2D eigenvalue weighted by Gasteiger charge is 2.34. The van der Waals surface area contributed by atoms with Gasteiger partial charge in [0, 0.05) is 34.9 Å². The molecule has 37 heavy (non-hydrogen) atoms. The maximum absolute atomic E-state index is 13.5. The summed E-state index contributed by atoms with van der Waals surface area (Å²) >= 11 is 5.75. The number of halogens is 6. The van der Waals surface area contributed by atoms with Crippen LogP contribution < -0.4 is 15.4 Å². The van der Waals surface area contributed by atoms with Crippen molar-refractivity contribution in [2.24, 2.45) is 0 Å². The molecule has 0 radical (unpaired) electrons. The average Bonchev–Trinajstić information content (AvgIpc) is 3.18. The lowest BCUT2D eigenvalue weighted by Crippen LogP contribution is -2.13. The Morgan fingerprint density at radius 1 is 1.05 bits per heavy atom. The number of alkyl halides is 5. The van der Waals surface area contributed by atoms with Crippen LogP contribution >= 0.6 is 11.6 Å². The van der Waals surface area contributed by atoms with Crippen molar-refractivity contribution in [2.45, 2.75) is 24.2 Å². The van der Waals surface area contributed by atoms with Crippen molar-refractivity contribution < 1.29 is 35.1 Å². The van der Waals surface area contributed by atoms with E-state index in [1.165, 1.54) is 48.7 Å². The van der Waals surface area contributed by atoms with Crippen molar-refractivity contribution in [3.63, 3.8) is 0 Å². The van der Waals surface area contributed by atoms with E-state index in [4.69, 9.17) is 11.6 Å². The first-order valence-corrected chi connectivity index (χ1v) is 12.4. The average molecular weight is 560 g/mol. The third-order valence-corrected chi connectivity index (χ3v) is 7.28. The van der Waals surface area contributed by atoms with Gasteiger partial charge in [-0.3, -0.25) is 0 Å². The number of ether oxygens (including phenoxy) is 1. The van der Waals surface area contributed by atoms with Crippen LogP contribution in [-0.2, 0) is 22.7 Å². The summed E-state index contributed by atoms with van der Waals surface area (Å²) in [5, 5.41) is 6.04. The van der Waals surface area contributed by atoms with Crippen LogP contribution in [0.25, 0.3) is 10.9 Å². The van der Waals surface area contributed by atoms with E-state index >= 15 is 0 Å². The minimum Gasteiger partial charge on any atom is -0.435 e. The Morgan fingerprint density at radius 3 is 2.49 bits per heavy atom. The molecule has 2 N–H and O–H groups in total. The maximum Gasteiger partial charge on any atom is 0.418 e. The quantitative estimate of drug-likeness (QED) is 0.238. The first-order valence-electron chi connectivity index (χ1n) is 10.6. The van der Waals surface area contributed by atoms with Crippen LogP contribution in [0.15, 0.2) is 71.8 Å². The second kappa shape index (κ2) is 10.2. The SMILES string of the molecule is CNCc1cn(S(=O)(=O)c2cccc(OC(F)F)c2)c2cc(Nc3ccc(Cl)cc3C(F)(F)F)ccc12. The molecule has 0 aliphatic rings. The monoisotopic (exact) mass is 559 g/mol. The molecule has 0 saturated heterocycles. The molecular weight excluding hydrogens is 541 g/mol. The molecule has 196 valence electrons. The highest BCUT2D eigenvalue weighted by Crippen LogP contribution is 2.38. The van der Waals surface area contributed by atoms with E-state index in [0.717, 1.165) is 16.1 Å². The summed E-state index contributed by atoms with van der Waals surface area (Å²) in [5.41, 5.74) is -0.326. The molecule has 0 amide bonds. The van der Waals surface area contributed by atoms with E-state index < -0.39 is 28.4 Å². The predicted molar refractivity (Wildman–Crippen MR) is 130 cm³/mol. The summed E-state index contributed by atoms with van der Waals surface area (Å²) in [6, 6.07) is 12.4. The second-order valence-corrected chi connectivity index (χ2v) is 10.1. The molecule has 0 saturated carbocycles. The molecule has 13 heteroatoms.